The van der Waals surface area contributed by atoms with Gasteiger partial charge in [-0.05, 0) is 26.0 Å². The van der Waals surface area contributed by atoms with Crippen LogP contribution < -0.4 is 5.73 Å². The highest BCUT2D eigenvalue weighted by atomic mass is 32.2. The molecule has 2 heterocycles. The smallest absolute Gasteiger partial charge is 0.252 e. The minimum absolute atomic E-state index is 0.360. The first-order valence-corrected chi connectivity index (χ1v) is 9.22. The van der Waals surface area contributed by atoms with Crippen LogP contribution in [0.5, 0.6) is 0 Å². The SMILES string of the molecule is CC(C)(O)CN1CCN(S(=O)(=O)c2ccc(CN)s2)CC1. The largest absolute Gasteiger partial charge is 0.389 e. The second-order valence-corrected chi connectivity index (χ2v) is 9.25. The fourth-order valence-electron chi connectivity index (χ4n) is 2.41. The van der Waals surface area contributed by atoms with Gasteiger partial charge in [0.25, 0.3) is 10.0 Å². The Labute approximate surface area is 130 Å². The van der Waals surface area contributed by atoms with Gasteiger partial charge in [-0.3, -0.25) is 4.90 Å². The van der Waals surface area contributed by atoms with Crippen LogP contribution in [-0.4, -0.2) is 61.1 Å². The molecular weight excluding hydrogens is 310 g/mol. The lowest BCUT2D eigenvalue weighted by Gasteiger charge is -2.36. The van der Waals surface area contributed by atoms with Crippen molar-refractivity contribution >= 4 is 21.4 Å². The average molecular weight is 333 g/mol. The minimum Gasteiger partial charge on any atom is -0.389 e. The third kappa shape index (κ3) is 4.24. The van der Waals surface area contributed by atoms with Gasteiger partial charge in [-0.15, -0.1) is 11.3 Å². The Morgan fingerprint density at radius 3 is 2.38 bits per heavy atom. The van der Waals surface area contributed by atoms with Crippen LogP contribution in [0.4, 0.5) is 0 Å². The summed E-state index contributed by atoms with van der Waals surface area (Å²) in [6, 6.07) is 3.40. The van der Waals surface area contributed by atoms with Gasteiger partial charge >= 0.3 is 0 Å². The second kappa shape index (κ2) is 6.31. The van der Waals surface area contributed by atoms with E-state index in [0.29, 0.717) is 43.5 Å². The van der Waals surface area contributed by atoms with Gasteiger partial charge in [0.1, 0.15) is 4.21 Å². The van der Waals surface area contributed by atoms with E-state index in [1.165, 1.54) is 15.6 Å². The highest BCUT2D eigenvalue weighted by Gasteiger charge is 2.31. The van der Waals surface area contributed by atoms with E-state index >= 15 is 0 Å². The molecule has 0 unspecified atom stereocenters. The van der Waals surface area contributed by atoms with E-state index in [1.54, 1.807) is 26.0 Å². The fraction of sp³-hybridized carbons (Fsp3) is 0.692. The van der Waals surface area contributed by atoms with Crippen molar-refractivity contribution in [1.82, 2.24) is 9.21 Å². The van der Waals surface area contributed by atoms with Gasteiger partial charge in [-0.1, -0.05) is 0 Å². The first kappa shape index (κ1) is 16.9. The fourth-order valence-corrected chi connectivity index (χ4v) is 5.22. The number of nitrogens with two attached hydrogens (primary N) is 1. The number of piperazine rings is 1. The van der Waals surface area contributed by atoms with Gasteiger partial charge in [0, 0.05) is 44.1 Å². The molecule has 0 aliphatic carbocycles. The molecule has 1 aromatic rings. The molecule has 1 saturated heterocycles. The number of hydrogen-bond acceptors (Lipinski definition) is 6. The third-order valence-electron chi connectivity index (χ3n) is 3.37. The van der Waals surface area contributed by atoms with E-state index in [-0.39, 0.29) is 0 Å². The van der Waals surface area contributed by atoms with Crippen molar-refractivity contribution in [3.05, 3.63) is 17.0 Å². The Balaban J connectivity index is 2.01. The number of nitrogens with zero attached hydrogens (tertiary/aromatic N) is 2. The van der Waals surface area contributed by atoms with E-state index in [4.69, 9.17) is 5.73 Å². The zero-order valence-electron chi connectivity index (χ0n) is 12.4. The highest BCUT2D eigenvalue weighted by molar-refractivity contribution is 7.91. The molecule has 1 aliphatic heterocycles. The van der Waals surface area contributed by atoms with E-state index in [2.05, 4.69) is 4.90 Å². The number of rotatable bonds is 5. The van der Waals surface area contributed by atoms with Crippen LogP contribution in [0, 0.1) is 0 Å². The molecule has 0 aromatic carbocycles. The summed E-state index contributed by atoms with van der Waals surface area (Å²) in [6.45, 7) is 6.61. The maximum atomic E-state index is 12.5. The predicted molar refractivity (Wildman–Crippen MR) is 83.7 cm³/mol. The Morgan fingerprint density at radius 1 is 1.29 bits per heavy atom. The van der Waals surface area contributed by atoms with E-state index in [0.717, 1.165) is 4.88 Å². The Bertz CT molecular complexity index is 570. The summed E-state index contributed by atoms with van der Waals surface area (Å²) in [4.78, 5) is 2.96. The summed E-state index contributed by atoms with van der Waals surface area (Å²) in [5.74, 6) is 0. The van der Waals surface area contributed by atoms with Crippen LogP contribution in [0.3, 0.4) is 0 Å². The summed E-state index contributed by atoms with van der Waals surface area (Å²) in [6.07, 6.45) is 0. The van der Waals surface area contributed by atoms with Gasteiger partial charge < -0.3 is 10.8 Å². The quantitative estimate of drug-likeness (QED) is 0.808. The molecule has 2 rings (SSSR count). The lowest BCUT2D eigenvalue weighted by atomic mass is 10.1. The minimum atomic E-state index is -3.41. The zero-order chi connectivity index (χ0) is 15.7. The molecule has 0 saturated carbocycles. The van der Waals surface area contributed by atoms with Gasteiger partial charge in [-0.2, -0.15) is 4.31 Å². The van der Waals surface area contributed by atoms with Gasteiger partial charge in [0.15, 0.2) is 0 Å². The molecule has 0 spiro atoms. The lowest BCUT2D eigenvalue weighted by Crippen LogP contribution is -2.51. The van der Waals surface area contributed by atoms with Crippen LogP contribution in [0.1, 0.15) is 18.7 Å². The van der Waals surface area contributed by atoms with Crippen LogP contribution in [0.15, 0.2) is 16.3 Å². The van der Waals surface area contributed by atoms with Crippen molar-refractivity contribution in [3.63, 3.8) is 0 Å². The maximum Gasteiger partial charge on any atom is 0.252 e. The highest BCUT2D eigenvalue weighted by Crippen LogP contribution is 2.25. The molecule has 21 heavy (non-hydrogen) atoms. The monoisotopic (exact) mass is 333 g/mol. The Hall–Kier alpha value is -0.510. The Morgan fingerprint density at radius 2 is 1.90 bits per heavy atom. The number of aliphatic hydroxyl groups is 1. The van der Waals surface area contributed by atoms with Crippen molar-refractivity contribution in [2.45, 2.75) is 30.2 Å². The maximum absolute atomic E-state index is 12.5. The molecule has 120 valence electrons. The Kier molecular flexibility index (Phi) is 5.07. The first-order chi connectivity index (χ1) is 9.72. The number of thiophene rings is 1. The van der Waals surface area contributed by atoms with Crippen molar-refractivity contribution in [1.29, 1.82) is 0 Å². The molecule has 0 bridgehead atoms. The zero-order valence-corrected chi connectivity index (χ0v) is 14.1. The predicted octanol–water partition coefficient (Wildman–Crippen LogP) is 0.284. The number of β-amino-alcohol motifs (C(OH)–C–C–N with tert-alkyl or cyclic N) is 1. The molecule has 1 aromatic heterocycles. The third-order valence-corrected chi connectivity index (χ3v) is 6.85. The molecule has 6 nitrogen and oxygen atoms in total. The van der Waals surface area contributed by atoms with Gasteiger partial charge in [0.2, 0.25) is 0 Å². The molecule has 0 radical (unpaired) electrons. The average Bonchev–Trinajstić information content (AvgIpc) is 2.87. The molecule has 8 heteroatoms. The van der Waals surface area contributed by atoms with Crippen molar-refractivity contribution < 1.29 is 13.5 Å². The second-order valence-electron chi connectivity index (χ2n) is 5.92. The van der Waals surface area contributed by atoms with Crippen LogP contribution in [0.2, 0.25) is 0 Å². The molecular formula is C13H23N3O3S2. The topological polar surface area (TPSA) is 86.9 Å². The molecule has 1 aliphatic rings. The molecule has 3 N–H and O–H groups in total. The normalized spacial score (nSPS) is 19.0. The van der Waals surface area contributed by atoms with Crippen LogP contribution >= 0.6 is 11.3 Å². The summed E-state index contributed by atoms with van der Waals surface area (Å²) < 4.78 is 26.9. The molecule has 0 amide bonds. The van der Waals surface area contributed by atoms with Crippen molar-refractivity contribution in [2.24, 2.45) is 5.73 Å². The van der Waals surface area contributed by atoms with Gasteiger partial charge in [0.05, 0.1) is 5.60 Å². The number of sulfonamides is 1. The summed E-state index contributed by atoms with van der Waals surface area (Å²) in [5.41, 5.74) is 4.77. The summed E-state index contributed by atoms with van der Waals surface area (Å²) in [5, 5.41) is 9.82. The van der Waals surface area contributed by atoms with Gasteiger partial charge in [-0.25, -0.2) is 8.42 Å². The van der Waals surface area contributed by atoms with Crippen LogP contribution in [-0.2, 0) is 16.6 Å². The van der Waals surface area contributed by atoms with Crippen molar-refractivity contribution in [2.75, 3.05) is 32.7 Å². The molecule has 0 atom stereocenters. The van der Waals surface area contributed by atoms with E-state index < -0.39 is 15.6 Å². The summed E-state index contributed by atoms with van der Waals surface area (Å²) in [7, 11) is -3.41. The first-order valence-electron chi connectivity index (χ1n) is 6.96. The van der Waals surface area contributed by atoms with Crippen LogP contribution in [0.25, 0.3) is 0 Å². The molecule has 1 fully saturated rings. The van der Waals surface area contributed by atoms with E-state index in [9.17, 15) is 13.5 Å². The van der Waals surface area contributed by atoms with Crippen molar-refractivity contribution in [3.8, 4) is 0 Å². The lowest BCUT2D eigenvalue weighted by molar-refractivity contribution is 0.0263. The van der Waals surface area contributed by atoms with E-state index in [1.807, 2.05) is 0 Å². The summed E-state index contributed by atoms with van der Waals surface area (Å²) >= 11 is 1.24. The number of hydrogen-bond donors (Lipinski definition) is 2. The standard InChI is InChI=1S/C13H23N3O3S2/c1-13(2,17)10-15-5-7-16(8-6-15)21(18,19)12-4-3-11(9-14)20-12/h3-4,17H,5-10,14H2,1-2H3.